The Kier molecular flexibility index (Phi) is 6.12. The van der Waals surface area contributed by atoms with Gasteiger partial charge in [0, 0.05) is 12.6 Å². The van der Waals surface area contributed by atoms with Crippen molar-refractivity contribution in [3.05, 3.63) is 35.9 Å². The van der Waals surface area contributed by atoms with E-state index in [2.05, 4.69) is 43.4 Å². The normalized spacial score (nSPS) is 14.7. The quantitative estimate of drug-likeness (QED) is 0.741. The number of aliphatic hydroxyl groups is 1. The Bertz CT molecular complexity index is 273. The van der Waals surface area contributed by atoms with Crippen molar-refractivity contribution >= 4 is 0 Å². The molecule has 0 spiro atoms. The molecule has 0 heterocycles. The van der Waals surface area contributed by atoms with Gasteiger partial charge in [0.2, 0.25) is 0 Å². The van der Waals surface area contributed by atoms with Crippen LogP contribution in [0.15, 0.2) is 30.3 Å². The third-order valence-electron chi connectivity index (χ3n) is 3.03. The van der Waals surface area contributed by atoms with E-state index in [9.17, 15) is 0 Å². The Morgan fingerprint density at radius 1 is 1.25 bits per heavy atom. The summed E-state index contributed by atoms with van der Waals surface area (Å²) in [5.74, 6) is 0.444. The fraction of sp³-hybridized carbons (Fsp3) is 0.571. The predicted molar refractivity (Wildman–Crippen MR) is 68.6 cm³/mol. The molecule has 2 atom stereocenters. The molecule has 0 fully saturated rings. The molecule has 0 aliphatic heterocycles. The third kappa shape index (κ3) is 3.95. The summed E-state index contributed by atoms with van der Waals surface area (Å²) in [6.45, 7) is 5.65. The molecule has 0 saturated heterocycles. The van der Waals surface area contributed by atoms with E-state index in [1.165, 1.54) is 5.56 Å². The van der Waals surface area contributed by atoms with Crippen LogP contribution in [0, 0.1) is 0 Å². The van der Waals surface area contributed by atoms with Crippen molar-refractivity contribution in [2.75, 3.05) is 13.2 Å². The van der Waals surface area contributed by atoms with Gasteiger partial charge in [-0.05, 0) is 30.9 Å². The van der Waals surface area contributed by atoms with E-state index in [4.69, 9.17) is 5.11 Å². The highest BCUT2D eigenvalue weighted by Crippen LogP contribution is 2.20. The molecule has 0 radical (unpaired) electrons. The van der Waals surface area contributed by atoms with E-state index in [1.54, 1.807) is 0 Å². The lowest BCUT2D eigenvalue weighted by molar-refractivity contribution is 0.255. The largest absolute Gasteiger partial charge is 0.396 e. The van der Waals surface area contributed by atoms with Crippen LogP contribution < -0.4 is 5.32 Å². The zero-order chi connectivity index (χ0) is 11.8. The molecule has 0 aliphatic carbocycles. The van der Waals surface area contributed by atoms with Crippen LogP contribution >= 0.6 is 0 Å². The molecular weight excluding hydrogens is 198 g/mol. The van der Waals surface area contributed by atoms with Gasteiger partial charge in [0.05, 0.1) is 0 Å². The Morgan fingerprint density at radius 2 is 1.94 bits per heavy atom. The van der Waals surface area contributed by atoms with E-state index >= 15 is 0 Å². The molecule has 0 saturated carbocycles. The number of nitrogens with one attached hydrogen (secondary N) is 1. The highest BCUT2D eigenvalue weighted by molar-refractivity contribution is 5.20. The fourth-order valence-electron chi connectivity index (χ4n) is 1.99. The van der Waals surface area contributed by atoms with Gasteiger partial charge in [-0.25, -0.2) is 0 Å². The zero-order valence-electron chi connectivity index (χ0n) is 10.3. The van der Waals surface area contributed by atoms with Crippen molar-refractivity contribution < 1.29 is 5.11 Å². The number of hydrogen-bond donors (Lipinski definition) is 2. The molecular formula is C14H23NO. The van der Waals surface area contributed by atoms with Gasteiger partial charge >= 0.3 is 0 Å². The first-order valence-corrected chi connectivity index (χ1v) is 6.18. The monoisotopic (exact) mass is 221 g/mol. The van der Waals surface area contributed by atoms with E-state index in [0.717, 1.165) is 19.4 Å². The number of aliphatic hydroxyl groups excluding tert-OH is 1. The maximum absolute atomic E-state index is 9.09. The molecule has 0 aliphatic rings. The second kappa shape index (κ2) is 7.42. The molecule has 2 N–H and O–H groups in total. The van der Waals surface area contributed by atoms with E-state index < -0.39 is 0 Å². The average molecular weight is 221 g/mol. The molecule has 1 rings (SSSR count). The van der Waals surface area contributed by atoms with Crippen LogP contribution in [0.1, 0.15) is 38.2 Å². The van der Waals surface area contributed by atoms with Crippen LogP contribution in [0.2, 0.25) is 0 Å². The number of benzene rings is 1. The first-order chi connectivity index (χ1) is 7.79. The standard InChI is InChI=1S/C14H23NO/c1-3-10-15-14(9-11-16)12(2)13-7-5-4-6-8-13/h4-8,12,14-16H,3,9-11H2,1-2H3. The minimum Gasteiger partial charge on any atom is -0.396 e. The summed E-state index contributed by atoms with van der Waals surface area (Å²) in [6, 6.07) is 10.9. The topological polar surface area (TPSA) is 32.3 Å². The molecule has 1 aromatic carbocycles. The molecule has 2 unspecified atom stereocenters. The summed E-state index contributed by atoms with van der Waals surface area (Å²) in [6.07, 6.45) is 1.94. The Hall–Kier alpha value is -0.860. The first kappa shape index (κ1) is 13.2. The summed E-state index contributed by atoms with van der Waals surface area (Å²) < 4.78 is 0. The summed E-state index contributed by atoms with van der Waals surface area (Å²) >= 11 is 0. The van der Waals surface area contributed by atoms with Crippen molar-refractivity contribution in [2.45, 2.75) is 38.6 Å². The Labute approximate surface area is 98.7 Å². The van der Waals surface area contributed by atoms with Crippen molar-refractivity contribution in [3.63, 3.8) is 0 Å². The maximum Gasteiger partial charge on any atom is 0.0446 e. The van der Waals surface area contributed by atoms with Gasteiger partial charge in [0.1, 0.15) is 0 Å². The van der Waals surface area contributed by atoms with Crippen LogP contribution in [0.25, 0.3) is 0 Å². The van der Waals surface area contributed by atoms with Crippen LogP contribution in [0.4, 0.5) is 0 Å². The van der Waals surface area contributed by atoms with E-state index in [1.807, 2.05) is 6.07 Å². The lowest BCUT2D eigenvalue weighted by Crippen LogP contribution is -2.35. The lowest BCUT2D eigenvalue weighted by atomic mass is 9.91. The van der Waals surface area contributed by atoms with Gasteiger partial charge in [-0.1, -0.05) is 44.2 Å². The molecule has 2 heteroatoms. The number of rotatable bonds is 7. The Morgan fingerprint density at radius 3 is 2.50 bits per heavy atom. The molecule has 0 amide bonds. The molecule has 2 nitrogen and oxygen atoms in total. The SMILES string of the molecule is CCCNC(CCO)C(C)c1ccccc1. The van der Waals surface area contributed by atoms with Gasteiger partial charge in [-0.15, -0.1) is 0 Å². The maximum atomic E-state index is 9.09. The Balaban J connectivity index is 2.62. The lowest BCUT2D eigenvalue weighted by Gasteiger charge is -2.25. The second-order valence-electron chi connectivity index (χ2n) is 4.27. The molecule has 0 aromatic heterocycles. The highest BCUT2D eigenvalue weighted by atomic mass is 16.3. The van der Waals surface area contributed by atoms with Crippen molar-refractivity contribution in [3.8, 4) is 0 Å². The predicted octanol–water partition coefficient (Wildman–Crippen LogP) is 2.54. The van der Waals surface area contributed by atoms with Crippen molar-refractivity contribution in [1.29, 1.82) is 0 Å². The van der Waals surface area contributed by atoms with Gasteiger partial charge in [0.15, 0.2) is 0 Å². The zero-order valence-corrected chi connectivity index (χ0v) is 10.3. The molecule has 0 bridgehead atoms. The van der Waals surface area contributed by atoms with Crippen molar-refractivity contribution in [2.24, 2.45) is 0 Å². The molecule has 90 valence electrons. The van der Waals surface area contributed by atoms with Crippen LogP contribution in [-0.2, 0) is 0 Å². The van der Waals surface area contributed by atoms with Gasteiger partial charge in [0.25, 0.3) is 0 Å². The fourth-order valence-corrected chi connectivity index (χ4v) is 1.99. The summed E-state index contributed by atoms with van der Waals surface area (Å²) in [4.78, 5) is 0. The minimum atomic E-state index is 0.249. The van der Waals surface area contributed by atoms with E-state index in [-0.39, 0.29) is 6.61 Å². The summed E-state index contributed by atoms with van der Waals surface area (Å²) in [5.41, 5.74) is 1.34. The van der Waals surface area contributed by atoms with Gasteiger partial charge < -0.3 is 10.4 Å². The second-order valence-corrected chi connectivity index (χ2v) is 4.27. The minimum absolute atomic E-state index is 0.249. The van der Waals surface area contributed by atoms with Crippen molar-refractivity contribution in [1.82, 2.24) is 5.32 Å². The summed E-state index contributed by atoms with van der Waals surface area (Å²) in [5, 5.41) is 12.6. The summed E-state index contributed by atoms with van der Waals surface area (Å²) in [7, 11) is 0. The highest BCUT2D eigenvalue weighted by Gasteiger charge is 2.17. The van der Waals surface area contributed by atoms with Crippen LogP contribution in [0.5, 0.6) is 0 Å². The third-order valence-corrected chi connectivity index (χ3v) is 3.03. The first-order valence-electron chi connectivity index (χ1n) is 6.18. The van der Waals surface area contributed by atoms with Crippen LogP contribution in [0.3, 0.4) is 0 Å². The van der Waals surface area contributed by atoms with E-state index in [0.29, 0.717) is 12.0 Å². The smallest absolute Gasteiger partial charge is 0.0446 e. The van der Waals surface area contributed by atoms with Gasteiger partial charge in [-0.3, -0.25) is 0 Å². The average Bonchev–Trinajstić information content (AvgIpc) is 2.35. The molecule has 1 aromatic rings. The van der Waals surface area contributed by atoms with Gasteiger partial charge in [-0.2, -0.15) is 0 Å². The number of hydrogen-bond acceptors (Lipinski definition) is 2. The molecule has 16 heavy (non-hydrogen) atoms. The van der Waals surface area contributed by atoms with Crippen LogP contribution in [-0.4, -0.2) is 24.3 Å².